The molecule has 1 fully saturated rings. The van der Waals surface area contributed by atoms with Crippen molar-refractivity contribution in [1.82, 2.24) is 30.7 Å². The monoisotopic (exact) mass is 557 g/mol. The normalized spacial score (nSPS) is 15.8. The van der Waals surface area contributed by atoms with E-state index in [0.717, 1.165) is 62.5 Å². The first kappa shape index (κ1) is 26.3. The first-order chi connectivity index (χ1) is 15.1. The molecule has 3 rings (SSSR count). The third-order valence-corrected chi connectivity index (χ3v) is 5.37. The summed E-state index contributed by atoms with van der Waals surface area (Å²) in [6, 6.07) is 8.11. The second-order valence-electron chi connectivity index (χ2n) is 7.87. The number of morpholine rings is 1. The second-order valence-corrected chi connectivity index (χ2v) is 7.87. The van der Waals surface area contributed by atoms with Crippen LogP contribution in [0.15, 0.2) is 29.3 Å². The predicted molar refractivity (Wildman–Crippen MR) is 138 cm³/mol. The number of guanidine groups is 1. The van der Waals surface area contributed by atoms with Crippen LogP contribution in [0.2, 0.25) is 0 Å². The summed E-state index contributed by atoms with van der Waals surface area (Å²) in [6.07, 6.45) is 0. The van der Waals surface area contributed by atoms with Crippen LogP contribution in [0.5, 0.6) is 5.75 Å². The number of nitrogens with one attached hydrogen (secondary N) is 3. The Morgan fingerprint density at radius 2 is 1.94 bits per heavy atom. The lowest BCUT2D eigenvalue weighted by molar-refractivity contribution is 0.00752. The maximum Gasteiger partial charge on any atom is 0.191 e. The molecule has 0 amide bonds. The molecule has 0 bridgehead atoms. The van der Waals surface area contributed by atoms with Crippen molar-refractivity contribution in [2.45, 2.75) is 33.4 Å². The third-order valence-electron chi connectivity index (χ3n) is 5.37. The molecule has 1 aromatic heterocycles. The van der Waals surface area contributed by atoms with Crippen molar-refractivity contribution in [3.8, 4) is 17.1 Å². The fourth-order valence-corrected chi connectivity index (χ4v) is 3.63. The van der Waals surface area contributed by atoms with Gasteiger partial charge in [0.25, 0.3) is 0 Å². The number of benzene rings is 1. The van der Waals surface area contributed by atoms with Crippen LogP contribution in [-0.2, 0) is 11.3 Å². The van der Waals surface area contributed by atoms with Crippen LogP contribution in [-0.4, -0.2) is 78.6 Å². The van der Waals surface area contributed by atoms with E-state index in [4.69, 9.17) is 14.5 Å². The summed E-state index contributed by atoms with van der Waals surface area (Å²) < 4.78 is 10.7. The van der Waals surface area contributed by atoms with Crippen LogP contribution in [0.25, 0.3) is 11.4 Å². The Balaban J connectivity index is 0.00000363. The van der Waals surface area contributed by atoms with E-state index in [0.29, 0.717) is 24.3 Å². The number of ether oxygens (including phenoxy) is 2. The van der Waals surface area contributed by atoms with Crippen LogP contribution in [0.4, 0.5) is 0 Å². The van der Waals surface area contributed by atoms with E-state index in [9.17, 15) is 0 Å². The molecule has 9 nitrogen and oxygen atoms in total. The van der Waals surface area contributed by atoms with E-state index in [-0.39, 0.29) is 24.0 Å². The molecule has 1 atom stereocenters. The minimum Gasteiger partial charge on any atom is -0.497 e. The average Bonchev–Trinajstić information content (AvgIpc) is 3.27. The zero-order valence-electron chi connectivity index (χ0n) is 19.4. The van der Waals surface area contributed by atoms with Crippen molar-refractivity contribution in [3.05, 3.63) is 30.1 Å². The highest BCUT2D eigenvalue weighted by Crippen LogP contribution is 2.19. The van der Waals surface area contributed by atoms with Crippen molar-refractivity contribution >= 4 is 29.9 Å². The van der Waals surface area contributed by atoms with Gasteiger partial charge in [0.15, 0.2) is 11.8 Å². The van der Waals surface area contributed by atoms with Crippen molar-refractivity contribution < 1.29 is 9.47 Å². The molecule has 1 aliphatic rings. The van der Waals surface area contributed by atoms with Gasteiger partial charge in [-0.1, -0.05) is 13.8 Å². The van der Waals surface area contributed by atoms with Gasteiger partial charge < -0.3 is 20.1 Å². The number of hydrogen-bond acceptors (Lipinski definition) is 6. The van der Waals surface area contributed by atoms with Gasteiger partial charge in [0.2, 0.25) is 0 Å². The van der Waals surface area contributed by atoms with Crippen LogP contribution in [0.1, 0.15) is 26.6 Å². The minimum absolute atomic E-state index is 0. The molecular formula is C22H36IN7O2. The Hall–Kier alpha value is -1.92. The van der Waals surface area contributed by atoms with E-state index in [2.05, 4.69) is 51.5 Å². The Morgan fingerprint density at radius 1 is 1.22 bits per heavy atom. The fraction of sp³-hybridized carbons (Fsp3) is 0.591. The number of halogens is 1. The van der Waals surface area contributed by atoms with E-state index in [1.807, 2.05) is 24.3 Å². The number of aromatic nitrogens is 3. The molecule has 2 heterocycles. The first-order valence-corrected chi connectivity index (χ1v) is 11.0. The molecule has 1 unspecified atom stereocenters. The molecule has 0 aliphatic carbocycles. The van der Waals surface area contributed by atoms with E-state index in [1.165, 1.54) is 0 Å². The first-order valence-electron chi connectivity index (χ1n) is 11.0. The lowest BCUT2D eigenvalue weighted by Crippen LogP contribution is -2.52. The molecule has 2 aromatic rings. The largest absolute Gasteiger partial charge is 0.497 e. The van der Waals surface area contributed by atoms with Crippen molar-refractivity contribution in [1.29, 1.82) is 0 Å². The molecular weight excluding hydrogens is 521 g/mol. The van der Waals surface area contributed by atoms with Gasteiger partial charge in [0.1, 0.15) is 18.1 Å². The Kier molecular flexibility index (Phi) is 11.2. The number of rotatable bonds is 9. The zero-order chi connectivity index (χ0) is 22.1. The van der Waals surface area contributed by atoms with Crippen LogP contribution in [0, 0.1) is 5.92 Å². The van der Waals surface area contributed by atoms with Gasteiger partial charge in [0.05, 0.1) is 20.3 Å². The molecule has 0 spiro atoms. The quantitative estimate of drug-likeness (QED) is 0.248. The van der Waals surface area contributed by atoms with Crippen molar-refractivity contribution in [2.24, 2.45) is 10.9 Å². The molecule has 1 saturated heterocycles. The fourth-order valence-electron chi connectivity index (χ4n) is 3.63. The summed E-state index contributed by atoms with van der Waals surface area (Å²) in [5.74, 6) is 3.50. The molecule has 1 aliphatic heterocycles. The van der Waals surface area contributed by atoms with Gasteiger partial charge in [-0.3, -0.25) is 10.00 Å². The van der Waals surface area contributed by atoms with Gasteiger partial charge in [-0.05, 0) is 37.1 Å². The van der Waals surface area contributed by atoms with Crippen LogP contribution in [0.3, 0.4) is 0 Å². The molecule has 1 aromatic carbocycles. The highest BCUT2D eigenvalue weighted by molar-refractivity contribution is 14.0. The third kappa shape index (κ3) is 7.59. The van der Waals surface area contributed by atoms with Gasteiger partial charge in [-0.15, -0.1) is 24.0 Å². The summed E-state index contributed by atoms with van der Waals surface area (Å²) in [7, 11) is 1.65. The molecule has 32 heavy (non-hydrogen) atoms. The molecule has 3 N–H and O–H groups in total. The standard InChI is InChI=1S/C22H35N7O2.HI/c1-5-23-22(24-14-19(16(2)3)29-10-12-31-13-11-29)25-15-20-26-21(28-27-20)17-6-8-18(30-4)9-7-17;/h6-9,16,19H,5,10-15H2,1-4H3,(H2,23,24,25)(H,26,27,28);1H. The molecule has 10 heteroatoms. The van der Waals surface area contributed by atoms with Gasteiger partial charge in [-0.2, -0.15) is 5.10 Å². The average molecular weight is 557 g/mol. The summed E-state index contributed by atoms with van der Waals surface area (Å²) >= 11 is 0. The number of hydrogen-bond donors (Lipinski definition) is 3. The van der Waals surface area contributed by atoms with Gasteiger partial charge in [0, 0.05) is 37.8 Å². The number of aliphatic imine (C=N–C) groups is 1. The number of methoxy groups -OCH3 is 1. The van der Waals surface area contributed by atoms with Gasteiger partial charge in [-0.25, -0.2) is 9.98 Å². The highest BCUT2D eigenvalue weighted by atomic mass is 127. The van der Waals surface area contributed by atoms with Crippen molar-refractivity contribution in [3.63, 3.8) is 0 Å². The number of nitrogens with zero attached hydrogens (tertiary/aromatic N) is 4. The maximum atomic E-state index is 5.51. The Morgan fingerprint density at radius 3 is 2.56 bits per heavy atom. The lowest BCUT2D eigenvalue weighted by atomic mass is 10.0. The SMILES string of the molecule is CCNC(=NCc1nc(-c2ccc(OC)cc2)n[nH]1)NCC(C(C)C)N1CCOCC1.I. The van der Waals surface area contributed by atoms with Crippen LogP contribution >= 0.6 is 24.0 Å². The highest BCUT2D eigenvalue weighted by Gasteiger charge is 2.23. The lowest BCUT2D eigenvalue weighted by Gasteiger charge is -2.37. The predicted octanol–water partition coefficient (Wildman–Crippen LogP) is 2.51. The Bertz CT molecular complexity index is 820. The zero-order valence-corrected chi connectivity index (χ0v) is 21.8. The maximum absolute atomic E-state index is 5.51. The van der Waals surface area contributed by atoms with Gasteiger partial charge >= 0.3 is 0 Å². The molecule has 0 saturated carbocycles. The van der Waals surface area contributed by atoms with E-state index in [1.54, 1.807) is 7.11 Å². The summed E-state index contributed by atoms with van der Waals surface area (Å²) in [5, 5.41) is 14.1. The molecule has 0 radical (unpaired) electrons. The number of H-pyrrole nitrogens is 1. The number of aromatic amines is 1. The Labute approximate surface area is 207 Å². The smallest absolute Gasteiger partial charge is 0.191 e. The van der Waals surface area contributed by atoms with Crippen LogP contribution < -0.4 is 15.4 Å². The second kappa shape index (κ2) is 13.6. The summed E-state index contributed by atoms with van der Waals surface area (Å²) in [5.41, 5.74) is 0.933. The van der Waals surface area contributed by atoms with Crippen molar-refractivity contribution in [2.75, 3.05) is 46.5 Å². The summed E-state index contributed by atoms with van der Waals surface area (Å²) in [4.78, 5) is 11.8. The van der Waals surface area contributed by atoms with E-state index >= 15 is 0 Å². The molecule has 178 valence electrons. The summed E-state index contributed by atoms with van der Waals surface area (Å²) in [6.45, 7) is 12.2. The topological polar surface area (TPSA) is 99.7 Å². The minimum atomic E-state index is 0. The van der Waals surface area contributed by atoms with E-state index < -0.39 is 0 Å².